The molecule has 3 aromatic rings. The topological polar surface area (TPSA) is 43.6 Å². The van der Waals surface area contributed by atoms with Crippen molar-refractivity contribution in [1.29, 1.82) is 0 Å². The predicted octanol–water partition coefficient (Wildman–Crippen LogP) is 2.83. The first-order valence-corrected chi connectivity index (χ1v) is 6.00. The van der Waals surface area contributed by atoms with Crippen LogP contribution in [-0.4, -0.2) is 20.2 Å². The molecule has 92 valence electrons. The maximum Gasteiger partial charge on any atom is 0.198 e. The maximum absolute atomic E-state index is 4.30. The molecule has 0 radical (unpaired) electrons. The van der Waals surface area contributed by atoms with Gasteiger partial charge in [0.25, 0.3) is 0 Å². The summed E-state index contributed by atoms with van der Waals surface area (Å²) in [5.74, 6) is 0.590. The van der Waals surface area contributed by atoms with Crippen molar-refractivity contribution in [2.45, 2.75) is 0 Å². The van der Waals surface area contributed by atoms with E-state index in [2.05, 4.69) is 15.4 Å². The first kappa shape index (κ1) is 11.3. The Hall–Kier alpha value is -2.75. The van der Waals surface area contributed by atoms with Gasteiger partial charge in [0.15, 0.2) is 5.82 Å². The Morgan fingerprint density at radius 2 is 1.47 bits per heavy atom. The second kappa shape index (κ2) is 5.27. The Labute approximate surface area is 111 Å². The van der Waals surface area contributed by atoms with Crippen molar-refractivity contribution >= 4 is 12.2 Å². The summed E-state index contributed by atoms with van der Waals surface area (Å²) in [6.45, 7) is 0. The third-order valence-corrected chi connectivity index (χ3v) is 2.64. The van der Waals surface area contributed by atoms with Crippen LogP contribution in [0.5, 0.6) is 0 Å². The van der Waals surface area contributed by atoms with E-state index < -0.39 is 0 Å². The van der Waals surface area contributed by atoms with Crippen LogP contribution in [0.15, 0.2) is 60.7 Å². The Balaban J connectivity index is 1.81. The number of benzene rings is 2. The van der Waals surface area contributed by atoms with Gasteiger partial charge in [-0.05, 0) is 29.0 Å². The zero-order valence-electron chi connectivity index (χ0n) is 10.2. The van der Waals surface area contributed by atoms with Crippen LogP contribution in [0.3, 0.4) is 0 Å². The molecule has 4 heteroatoms. The van der Waals surface area contributed by atoms with E-state index in [-0.39, 0.29) is 0 Å². The van der Waals surface area contributed by atoms with Crippen molar-refractivity contribution in [2.24, 2.45) is 0 Å². The minimum absolute atomic E-state index is 0.590. The van der Waals surface area contributed by atoms with Crippen molar-refractivity contribution in [3.05, 3.63) is 72.1 Å². The molecule has 0 bridgehead atoms. The SMILES string of the molecule is C(=C\c1nnn(-c2ccccc2)n1)/c1ccccc1. The van der Waals surface area contributed by atoms with Crippen LogP contribution < -0.4 is 0 Å². The van der Waals surface area contributed by atoms with Crippen molar-refractivity contribution in [3.63, 3.8) is 0 Å². The molecule has 0 atom stereocenters. The fraction of sp³-hybridized carbons (Fsp3) is 0. The summed E-state index contributed by atoms with van der Waals surface area (Å²) in [4.78, 5) is 1.52. The summed E-state index contributed by atoms with van der Waals surface area (Å²) in [6.07, 6.45) is 3.81. The van der Waals surface area contributed by atoms with Gasteiger partial charge in [-0.15, -0.1) is 15.0 Å². The zero-order chi connectivity index (χ0) is 12.9. The molecule has 0 unspecified atom stereocenters. The number of nitrogens with zero attached hydrogens (tertiary/aromatic N) is 4. The Morgan fingerprint density at radius 1 is 0.789 bits per heavy atom. The van der Waals surface area contributed by atoms with Gasteiger partial charge in [-0.2, -0.15) is 0 Å². The van der Waals surface area contributed by atoms with Gasteiger partial charge >= 0.3 is 0 Å². The summed E-state index contributed by atoms with van der Waals surface area (Å²) < 4.78 is 0. The average molecular weight is 248 g/mol. The number of tetrazole rings is 1. The lowest BCUT2D eigenvalue weighted by molar-refractivity contribution is 0.719. The number of hydrogen-bond acceptors (Lipinski definition) is 3. The molecule has 3 rings (SSSR count). The molecule has 0 aliphatic rings. The summed E-state index contributed by atoms with van der Waals surface area (Å²) in [5.41, 5.74) is 2.01. The highest BCUT2D eigenvalue weighted by Gasteiger charge is 2.00. The lowest BCUT2D eigenvalue weighted by Gasteiger charge is -1.94. The highest BCUT2D eigenvalue weighted by molar-refractivity contribution is 5.66. The van der Waals surface area contributed by atoms with Crippen LogP contribution in [-0.2, 0) is 0 Å². The molecule has 0 N–H and O–H groups in total. The van der Waals surface area contributed by atoms with Crippen LogP contribution in [0.1, 0.15) is 11.4 Å². The number of aromatic nitrogens is 4. The first-order chi connectivity index (χ1) is 9.42. The molecule has 0 saturated heterocycles. The minimum atomic E-state index is 0.590. The molecule has 1 aromatic heterocycles. The lowest BCUT2D eigenvalue weighted by Crippen LogP contribution is -1.98. The molecule has 4 nitrogen and oxygen atoms in total. The summed E-state index contributed by atoms with van der Waals surface area (Å²) in [7, 11) is 0. The van der Waals surface area contributed by atoms with Gasteiger partial charge in [0.1, 0.15) is 0 Å². The minimum Gasteiger partial charge on any atom is -0.131 e. The third kappa shape index (κ3) is 2.74. The second-order valence-corrected chi connectivity index (χ2v) is 4.02. The van der Waals surface area contributed by atoms with Crippen LogP contribution in [0.25, 0.3) is 17.8 Å². The van der Waals surface area contributed by atoms with E-state index in [4.69, 9.17) is 0 Å². The molecule has 0 aliphatic heterocycles. The van der Waals surface area contributed by atoms with Crippen LogP contribution in [0, 0.1) is 0 Å². The molecular formula is C15H12N4. The van der Waals surface area contributed by atoms with E-state index in [1.807, 2.05) is 72.8 Å². The predicted molar refractivity (Wildman–Crippen MR) is 74.5 cm³/mol. The Bertz CT molecular complexity index is 672. The van der Waals surface area contributed by atoms with Crippen LogP contribution >= 0.6 is 0 Å². The average Bonchev–Trinajstić information content (AvgIpc) is 2.96. The highest BCUT2D eigenvalue weighted by Crippen LogP contribution is 2.06. The van der Waals surface area contributed by atoms with Gasteiger partial charge < -0.3 is 0 Å². The van der Waals surface area contributed by atoms with Crippen LogP contribution in [0.2, 0.25) is 0 Å². The molecular weight excluding hydrogens is 236 g/mol. The zero-order valence-corrected chi connectivity index (χ0v) is 10.2. The van der Waals surface area contributed by atoms with Gasteiger partial charge in [-0.3, -0.25) is 0 Å². The molecule has 0 aliphatic carbocycles. The summed E-state index contributed by atoms with van der Waals surface area (Å²) in [5, 5.41) is 12.3. The van der Waals surface area contributed by atoms with Gasteiger partial charge in [0.2, 0.25) is 0 Å². The fourth-order valence-electron chi connectivity index (χ4n) is 1.70. The lowest BCUT2D eigenvalue weighted by atomic mass is 10.2. The maximum atomic E-state index is 4.30. The van der Waals surface area contributed by atoms with E-state index in [0.717, 1.165) is 11.3 Å². The third-order valence-electron chi connectivity index (χ3n) is 2.64. The molecule has 19 heavy (non-hydrogen) atoms. The number of hydrogen-bond donors (Lipinski definition) is 0. The molecule has 0 fully saturated rings. The van der Waals surface area contributed by atoms with Crippen LogP contribution in [0.4, 0.5) is 0 Å². The molecule has 0 amide bonds. The summed E-state index contributed by atoms with van der Waals surface area (Å²) in [6, 6.07) is 19.7. The van der Waals surface area contributed by atoms with Crippen molar-refractivity contribution in [1.82, 2.24) is 20.2 Å². The smallest absolute Gasteiger partial charge is 0.131 e. The highest BCUT2D eigenvalue weighted by atomic mass is 15.6. The Kier molecular flexibility index (Phi) is 3.14. The van der Waals surface area contributed by atoms with E-state index in [0.29, 0.717) is 5.82 Å². The van der Waals surface area contributed by atoms with E-state index in [1.165, 1.54) is 4.80 Å². The molecule has 0 saturated carbocycles. The standard InChI is InChI=1S/C15H12N4/c1-3-7-13(8-4-1)11-12-15-16-18-19(17-15)14-9-5-2-6-10-14/h1-12H/b12-11+. The summed E-state index contributed by atoms with van der Waals surface area (Å²) >= 11 is 0. The van der Waals surface area contributed by atoms with Gasteiger partial charge in [0, 0.05) is 0 Å². The molecule has 0 spiro atoms. The second-order valence-electron chi connectivity index (χ2n) is 4.02. The van der Waals surface area contributed by atoms with Gasteiger partial charge in [-0.1, -0.05) is 54.6 Å². The quantitative estimate of drug-likeness (QED) is 0.715. The van der Waals surface area contributed by atoms with E-state index in [9.17, 15) is 0 Å². The normalized spacial score (nSPS) is 10.9. The van der Waals surface area contributed by atoms with E-state index >= 15 is 0 Å². The van der Waals surface area contributed by atoms with Gasteiger partial charge in [-0.25, -0.2) is 0 Å². The van der Waals surface area contributed by atoms with Crippen molar-refractivity contribution in [2.75, 3.05) is 0 Å². The Morgan fingerprint density at radius 3 is 2.21 bits per heavy atom. The molecule has 1 heterocycles. The van der Waals surface area contributed by atoms with E-state index in [1.54, 1.807) is 0 Å². The number of para-hydroxylation sites is 1. The monoisotopic (exact) mass is 248 g/mol. The number of rotatable bonds is 3. The van der Waals surface area contributed by atoms with Crippen molar-refractivity contribution < 1.29 is 0 Å². The van der Waals surface area contributed by atoms with Gasteiger partial charge in [0.05, 0.1) is 5.69 Å². The fourth-order valence-corrected chi connectivity index (χ4v) is 1.70. The first-order valence-electron chi connectivity index (χ1n) is 6.00. The molecule has 2 aromatic carbocycles. The van der Waals surface area contributed by atoms with Crippen molar-refractivity contribution in [3.8, 4) is 5.69 Å². The largest absolute Gasteiger partial charge is 0.198 e.